The third kappa shape index (κ3) is 3.71. The highest BCUT2D eigenvalue weighted by Crippen LogP contribution is 2.21. The first-order valence-electron chi connectivity index (χ1n) is 7.77. The van der Waals surface area contributed by atoms with Gasteiger partial charge >= 0.3 is 0 Å². The van der Waals surface area contributed by atoms with Crippen molar-refractivity contribution in [3.8, 4) is 0 Å². The molecule has 3 rings (SSSR count). The molecule has 1 amide bonds. The largest absolute Gasteiger partial charge is 0.322 e. The standard InChI is InChI=1S/C17H19FN4O/c1-11-14(17(23)22-13-7-5-12(18)6-8-13)10-20-16(21-11)15-4-2-3-9-19-15/h5-8,10,15,19H,2-4,9H2,1H3,(H,22,23)/t15-/m1/s1. The van der Waals surface area contributed by atoms with Gasteiger partial charge in [-0.15, -0.1) is 0 Å². The Balaban J connectivity index is 1.74. The number of hydrogen-bond acceptors (Lipinski definition) is 4. The summed E-state index contributed by atoms with van der Waals surface area (Å²) in [4.78, 5) is 21.1. The quantitative estimate of drug-likeness (QED) is 0.914. The molecule has 1 aliphatic heterocycles. The number of benzene rings is 1. The first-order chi connectivity index (χ1) is 11.1. The van der Waals surface area contributed by atoms with E-state index in [9.17, 15) is 9.18 Å². The topological polar surface area (TPSA) is 66.9 Å². The van der Waals surface area contributed by atoms with Crippen LogP contribution in [0.15, 0.2) is 30.5 Å². The van der Waals surface area contributed by atoms with Crippen LogP contribution in [0.1, 0.15) is 47.2 Å². The number of carbonyl (C=O) groups excluding carboxylic acids is 1. The lowest BCUT2D eigenvalue weighted by molar-refractivity contribution is 0.102. The average Bonchev–Trinajstić information content (AvgIpc) is 2.57. The Morgan fingerprint density at radius 3 is 2.74 bits per heavy atom. The number of nitrogens with zero attached hydrogens (tertiary/aromatic N) is 2. The van der Waals surface area contributed by atoms with Gasteiger partial charge in [0.15, 0.2) is 0 Å². The molecule has 0 aliphatic carbocycles. The highest BCUT2D eigenvalue weighted by Gasteiger charge is 2.19. The van der Waals surface area contributed by atoms with Crippen molar-refractivity contribution < 1.29 is 9.18 Å². The van der Waals surface area contributed by atoms with Crippen molar-refractivity contribution in [2.75, 3.05) is 11.9 Å². The second kappa shape index (κ2) is 6.83. The van der Waals surface area contributed by atoms with Crippen LogP contribution in [-0.4, -0.2) is 22.4 Å². The molecule has 1 aromatic heterocycles. The van der Waals surface area contributed by atoms with Crippen molar-refractivity contribution in [1.82, 2.24) is 15.3 Å². The van der Waals surface area contributed by atoms with E-state index in [-0.39, 0.29) is 17.8 Å². The fraction of sp³-hybridized carbons (Fsp3) is 0.353. The molecule has 6 heteroatoms. The molecular weight excluding hydrogens is 295 g/mol. The molecule has 0 unspecified atom stereocenters. The highest BCUT2D eigenvalue weighted by atomic mass is 19.1. The number of anilines is 1. The number of nitrogens with one attached hydrogen (secondary N) is 2. The molecule has 0 saturated carbocycles. The van der Waals surface area contributed by atoms with Crippen molar-refractivity contribution in [2.24, 2.45) is 0 Å². The monoisotopic (exact) mass is 314 g/mol. The van der Waals surface area contributed by atoms with E-state index < -0.39 is 0 Å². The zero-order valence-corrected chi connectivity index (χ0v) is 13.0. The van der Waals surface area contributed by atoms with Crippen LogP contribution in [0.4, 0.5) is 10.1 Å². The SMILES string of the molecule is Cc1nc([C@H]2CCCCN2)ncc1C(=O)Nc1ccc(F)cc1. The zero-order chi connectivity index (χ0) is 16.2. The highest BCUT2D eigenvalue weighted by molar-refractivity contribution is 6.04. The van der Waals surface area contributed by atoms with Gasteiger partial charge in [-0.25, -0.2) is 14.4 Å². The molecule has 1 atom stereocenters. The van der Waals surface area contributed by atoms with E-state index in [2.05, 4.69) is 20.6 Å². The number of rotatable bonds is 3. The third-order valence-electron chi connectivity index (χ3n) is 3.97. The Bertz CT molecular complexity index is 696. The first-order valence-corrected chi connectivity index (χ1v) is 7.77. The Morgan fingerprint density at radius 1 is 1.30 bits per heavy atom. The summed E-state index contributed by atoms with van der Waals surface area (Å²) in [6, 6.07) is 5.80. The summed E-state index contributed by atoms with van der Waals surface area (Å²) in [5.74, 6) is 0.102. The lowest BCUT2D eigenvalue weighted by Crippen LogP contribution is -2.29. The minimum absolute atomic E-state index is 0.164. The van der Waals surface area contributed by atoms with Gasteiger partial charge in [0.05, 0.1) is 17.3 Å². The fourth-order valence-corrected chi connectivity index (χ4v) is 2.68. The Labute approximate surface area is 134 Å². The number of halogens is 1. The van der Waals surface area contributed by atoms with Gasteiger partial charge in [-0.1, -0.05) is 6.42 Å². The summed E-state index contributed by atoms with van der Waals surface area (Å²) in [7, 11) is 0. The van der Waals surface area contributed by atoms with Crippen LogP contribution >= 0.6 is 0 Å². The molecule has 2 aromatic rings. The lowest BCUT2D eigenvalue weighted by atomic mass is 10.0. The van der Waals surface area contributed by atoms with E-state index in [1.165, 1.54) is 30.7 Å². The molecule has 5 nitrogen and oxygen atoms in total. The minimum atomic E-state index is -0.341. The van der Waals surface area contributed by atoms with E-state index in [4.69, 9.17) is 0 Å². The number of hydrogen-bond donors (Lipinski definition) is 2. The predicted molar refractivity (Wildman–Crippen MR) is 85.7 cm³/mol. The van der Waals surface area contributed by atoms with Crippen LogP contribution in [0.3, 0.4) is 0 Å². The summed E-state index contributed by atoms with van der Waals surface area (Å²) >= 11 is 0. The molecule has 1 aliphatic rings. The van der Waals surface area contributed by atoms with Crippen LogP contribution in [0, 0.1) is 12.7 Å². The van der Waals surface area contributed by atoms with E-state index >= 15 is 0 Å². The maximum absolute atomic E-state index is 12.9. The molecule has 2 N–H and O–H groups in total. The molecule has 0 radical (unpaired) electrons. The lowest BCUT2D eigenvalue weighted by Gasteiger charge is -2.22. The molecule has 1 fully saturated rings. The fourth-order valence-electron chi connectivity index (χ4n) is 2.68. The average molecular weight is 314 g/mol. The summed E-state index contributed by atoms with van der Waals surface area (Å²) in [6.45, 7) is 2.77. The number of piperidine rings is 1. The summed E-state index contributed by atoms with van der Waals surface area (Å²) < 4.78 is 12.9. The van der Waals surface area contributed by atoms with Crippen LogP contribution < -0.4 is 10.6 Å². The second-order valence-electron chi connectivity index (χ2n) is 5.69. The third-order valence-corrected chi connectivity index (χ3v) is 3.97. The maximum atomic E-state index is 12.9. The number of aryl methyl sites for hydroxylation is 1. The Kier molecular flexibility index (Phi) is 4.62. The number of carbonyl (C=O) groups is 1. The van der Waals surface area contributed by atoms with Crippen molar-refractivity contribution in [2.45, 2.75) is 32.2 Å². The van der Waals surface area contributed by atoms with Crippen LogP contribution in [0.5, 0.6) is 0 Å². The van der Waals surface area contributed by atoms with Gasteiger partial charge < -0.3 is 10.6 Å². The smallest absolute Gasteiger partial charge is 0.259 e. The van der Waals surface area contributed by atoms with Gasteiger partial charge in [0.2, 0.25) is 0 Å². The van der Waals surface area contributed by atoms with Gasteiger partial charge in [-0.2, -0.15) is 0 Å². The second-order valence-corrected chi connectivity index (χ2v) is 5.69. The summed E-state index contributed by atoms with van der Waals surface area (Å²) in [6.07, 6.45) is 4.91. The van der Waals surface area contributed by atoms with Crippen LogP contribution in [0.2, 0.25) is 0 Å². The van der Waals surface area contributed by atoms with Gasteiger partial charge in [0.25, 0.3) is 5.91 Å². The molecule has 1 saturated heterocycles. The number of amides is 1. The molecule has 1 aromatic carbocycles. The Hall–Kier alpha value is -2.34. The normalized spacial score (nSPS) is 17.7. The van der Waals surface area contributed by atoms with E-state index in [0.29, 0.717) is 16.9 Å². The summed E-state index contributed by atoms with van der Waals surface area (Å²) in [5, 5.41) is 6.12. The maximum Gasteiger partial charge on any atom is 0.259 e. The van der Waals surface area contributed by atoms with Gasteiger partial charge in [0.1, 0.15) is 11.6 Å². The van der Waals surface area contributed by atoms with Crippen molar-refractivity contribution in [3.63, 3.8) is 0 Å². The molecule has 23 heavy (non-hydrogen) atoms. The van der Waals surface area contributed by atoms with Crippen molar-refractivity contribution in [1.29, 1.82) is 0 Å². The van der Waals surface area contributed by atoms with Crippen molar-refractivity contribution >= 4 is 11.6 Å². The van der Waals surface area contributed by atoms with E-state index in [1.807, 2.05) is 0 Å². The molecule has 0 bridgehead atoms. The summed E-state index contributed by atoms with van der Waals surface area (Å²) in [5.41, 5.74) is 1.60. The first kappa shape index (κ1) is 15.6. The molecule has 120 valence electrons. The minimum Gasteiger partial charge on any atom is -0.322 e. The molecular formula is C17H19FN4O. The van der Waals surface area contributed by atoms with E-state index in [1.54, 1.807) is 13.1 Å². The molecule has 2 heterocycles. The van der Waals surface area contributed by atoms with E-state index in [0.717, 1.165) is 25.2 Å². The van der Waals surface area contributed by atoms with Crippen molar-refractivity contribution in [3.05, 3.63) is 53.4 Å². The van der Waals surface area contributed by atoms with Crippen LogP contribution in [-0.2, 0) is 0 Å². The number of aromatic nitrogens is 2. The zero-order valence-electron chi connectivity index (χ0n) is 13.0. The molecule has 0 spiro atoms. The van der Waals surface area contributed by atoms with Crippen LogP contribution in [0.25, 0.3) is 0 Å². The predicted octanol–water partition coefficient (Wildman–Crippen LogP) is 2.99. The van der Waals surface area contributed by atoms with Gasteiger partial charge in [0, 0.05) is 11.9 Å². The Morgan fingerprint density at radius 2 is 2.09 bits per heavy atom. The van der Waals surface area contributed by atoms with Gasteiger partial charge in [-0.3, -0.25) is 4.79 Å². The van der Waals surface area contributed by atoms with Gasteiger partial charge in [-0.05, 0) is 50.6 Å².